The third kappa shape index (κ3) is 3.71. The minimum atomic E-state index is -4.77. The number of aromatic nitrogens is 2. The number of para-hydroxylation sites is 1. The van der Waals surface area contributed by atoms with Gasteiger partial charge in [-0.2, -0.15) is 5.10 Å². The lowest BCUT2D eigenvalue weighted by atomic mass is 10.2. The second kappa shape index (κ2) is 7.03. The average molecular weight is 387 g/mol. The van der Waals surface area contributed by atoms with Crippen LogP contribution in [0.5, 0.6) is 5.75 Å². The number of aryl methyl sites for hydroxylation is 1. The van der Waals surface area contributed by atoms with Crippen molar-refractivity contribution >= 4 is 11.7 Å². The Kier molecular flexibility index (Phi) is 4.54. The maximum Gasteiger partial charge on any atom is 0.573 e. The summed E-state index contributed by atoms with van der Waals surface area (Å²) in [6.07, 6.45) is -2.14. The van der Waals surface area contributed by atoms with E-state index in [1.807, 2.05) is 30.3 Å². The number of carbonyl (C=O) groups is 1. The summed E-state index contributed by atoms with van der Waals surface area (Å²) in [6.45, 7) is 0. The molecule has 8 heteroatoms. The fourth-order valence-electron chi connectivity index (χ4n) is 3.26. The van der Waals surface area contributed by atoms with Gasteiger partial charge in [-0.25, -0.2) is 4.68 Å². The number of hydrogen-bond acceptors (Lipinski definition) is 3. The highest BCUT2D eigenvalue weighted by atomic mass is 19.4. The molecule has 0 spiro atoms. The van der Waals surface area contributed by atoms with Gasteiger partial charge in [-0.05, 0) is 55.7 Å². The Balaban J connectivity index is 1.60. The van der Waals surface area contributed by atoms with Crippen molar-refractivity contribution in [3.05, 3.63) is 71.4 Å². The number of anilines is 1. The number of halogens is 3. The number of benzene rings is 2. The van der Waals surface area contributed by atoms with Crippen LogP contribution in [0.1, 0.15) is 28.0 Å². The molecular formula is C20H16F3N3O2. The van der Waals surface area contributed by atoms with E-state index in [0.29, 0.717) is 5.82 Å². The Morgan fingerprint density at radius 2 is 1.75 bits per heavy atom. The molecule has 1 heterocycles. The molecule has 28 heavy (non-hydrogen) atoms. The fraction of sp³-hybridized carbons (Fsp3) is 0.200. The average Bonchev–Trinajstić information content (AvgIpc) is 3.24. The summed E-state index contributed by atoms with van der Waals surface area (Å²) < 4.78 is 42.4. The van der Waals surface area contributed by atoms with Crippen molar-refractivity contribution in [3.8, 4) is 11.4 Å². The van der Waals surface area contributed by atoms with Crippen molar-refractivity contribution in [2.75, 3.05) is 5.32 Å². The van der Waals surface area contributed by atoms with Crippen LogP contribution in [0.25, 0.3) is 5.69 Å². The van der Waals surface area contributed by atoms with E-state index in [-0.39, 0.29) is 11.3 Å². The molecule has 4 rings (SSSR count). The molecule has 5 nitrogen and oxygen atoms in total. The number of fused-ring (bicyclic) bond motifs is 1. The predicted molar refractivity (Wildman–Crippen MR) is 96.7 cm³/mol. The van der Waals surface area contributed by atoms with Crippen LogP contribution >= 0.6 is 0 Å². The first-order valence-electron chi connectivity index (χ1n) is 8.74. The van der Waals surface area contributed by atoms with E-state index in [4.69, 9.17) is 0 Å². The molecular weight excluding hydrogens is 371 g/mol. The summed E-state index contributed by atoms with van der Waals surface area (Å²) in [5.74, 6) is -0.205. The fourth-order valence-corrected chi connectivity index (χ4v) is 3.26. The summed E-state index contributed by atoms with van der Waals surface area (Å²) in [5.41, 5.74) is 2.99. The molecule has 1 aliphatic rings. The van der Waals surface area contributed by atoms with Crippen LogP contribution in [-0.2, 0) is 12.8 Å². The van der Waals surface area contributed by atoms with Crippen LogP contribution < -0.4 is 10.1 Å². The number of nitrogens with zero attached hydrogens (tertiary/aromatic N) is 2. The first-order chi connectivity index (χ1) is 13.4. The van der Waals surface area contributed by atoms with Crippen LogP contribution in [0.2, 0.25) is 0 Å². The maximum atomic E-state index is 12.7. The zero-order chi connectivity index (χ0) is 19.7. The smallest absolute Gasteiger partial charge is 0.406 e. The zero-order valence-corrected chi connectivity index (χ0v) is 14.7. The minimum absolute atomic E-state index is 0.224. The number of ether oxygens (including phenoxy) is 1. The van der Waals surface area contributed by atoms with E-state index in [2.05, 4.69) is 15.2 Å². The standard InChI is InChI=1S/C20H16F3N3O2/c21-20(22,23)28-15-11-9-13(10-12-15)19(27)24-18-16-7-4-8-17(16)25-26(18)14-5-2-1-3-6-14/h1-3,5-6,9-12H,4,7-8H2,(H,24,27). The van der Waals surface area contributed by atoms with Gasteiger partial charge in [0.15, 0.2) is 0 Å². The largest absolute Gasteiger partial charge is 0.573 e. The number of rotatable bonds is 4. The van der Waals surface area contributed by atoms with Gasteiger partial charge in [0.2, 0.25) is 0 Å². The molecule has 2 aromatic carbocycles. The predicted octanol–water partition coefficient (Wildman–Crippen LogP) is 4.51. The summed E-state index contributed by atoms with van der Waals surface area (Å²) in [5, 5.41) is 7.49. The lowest BCUT2D eigenvalue weighted by Crippen LogP contribution is -2.18. The number of hydrogen-bond donors (Lipinski definition) is 1. The van der Waals surface area contributed by atoms with Crippen molar-refractivity contribution < 1.29 is 22.7 Å². The van der Waals surface area contributed by atoms with E-state index in [1.165, 1.54) is 12.1 Å². The molecule has 144 valence electrons. The highest BCUT2D eigenvalue weighted by Crippen LogP contribution is 2.31. The van der Waals surface area contributed by atoms with Gasteiger partial charge in [-0.1, -0.05) is 18.2 Å². The first kappa shape index (κ1) is 18.1. The molecule has 0 unspecified atom stereocenters. The summed E-state index contributed by atoms with van der Waals surface area (Å²) >= 11 is 0. The molecule has 0 atom stereocenters. The maximum absolute atomic E-state index is 12.7. The van der Waals surface area contributed by atoms with E-state index < -0.39 is 12.3 Å². The van der Waals surface area contributed by atoms with Crippen LogP contribution in [-0.4, -0.2) is 22.1 Å². The van der Waals surface area contributed by atoms with Crippen molar-refractivity contribution in [2.24, 2.45) is 0 Å². The SMILES string of the molecule is O=C(Nc1c2c(nn1-c1ccccc1)CCC2)c1ccc(OC(F)(F)F)cc1. The summed E-state index contributed by atoms with van der Waals surface area (Å²) in [6, 6.07) is 14.2. The lowest BCUT2D eigenvalue weighted by Gasteiger charge is -2.12. The van der Waals surface area contributed by atoms with E-state index >= 15 is 0 Å². The molecule has 0 aliphatic heterocycles. The molecule has 1 amide bonds. The van der Waals surface area contributed by atoms with Crippen LogP contribution in [0, 0.1) is 0 Å². The Morgan fingerprint density at radius 3 is 2.43 bits per heavy atom. The van der Waals surface area contributed by atoms with Gasteiger partial charge in [-0.3, -0.25) is 4.79 Å². The number of nitrogens with one attached hydrogen (secondary N) is 1. The van der Waals surface area contributed by atoms with Crippen molar-refractivity contribution in [1.29, 1.82) is 0 Å². The molecule has 0 saturated carbocycles. The van der Waals surface area contributed by atoms with E-state index in [1.54, 1.807) is 4.68 Å². The van der Waals surface area contributed by atoms with Gasteiger partial charge >= 0.3 is 6.36 Å². The third-order valence-electron chi connectivity index (χ3n) is 4.49. The quantitative estimate of drug-likeness (QED) is 0.717. The van der Waals surface area contributed by atoms with Crippen molar-refractivity contribution in [1.82, 2.24) is 9.78 Å². The van der Waals surface area contributed by atoms with Gasteiger partial charge in [0.1, 0.15) is 11.6 Å². The molecule has 3 aromatic rings. The summed E-state index contributed by atoms with van der Waals surface area (Å²) in [4.78, 5) is 12.7. The number of amides is 1. The Labute approximate surface area is 158 Å². The van der Waals surface area contributed by atoms with Gasteiger partial charge < -0.3 is 10.1 Å². The van der Waals surface area contributed by atoms with Gasteiger partial charge in [0.05, 0.1) is 11.4 Å². The molecule has 1 aromatic heterocycles. The first-order valence-corrected chi connectivity index (χ1v) is 8.74. The van der Waals surface area contributed by atoms with Gasteiger partial charge in [0, 0.05) is 11.1 Å². The highest BCUT2D eigenvalue weighted by molar-refractivity contribution is 6.04. The topological polar surface area (TPSA) is 56.2 Å². The molecule has 0 fully saturated rings. The second-order valence-corrected chi connectivity index (χ2v) is 6.40. The molecule has 0 saturated heterocycles. The molecule has 1 aliphatic carbocycles. The second-order valence-electron chi connectivity index (χ2n) is 6.40. The zero-order valence-electron chi connectivity index (χ0n) is 14.7. The van der Waals surface area contributed by atoms with Crippen LogP contribution in [0.15, 0.2) is 54.6 Å². The minimum Gasteiger partial charge on any atom is -0.406 e. The van der Waals surface area contributed by atoms with E-state index in [0.717, 1.165) is 48.3 Å². The Bertz CT molecular complexity index is 996. The monoisotopic (exact) mass is 387 g/mol. The van der Waals surface area contributed by atoms with Gasteiger partial charge in [0.25, 0.3) is 5.91 Å². The van der Waals surface area contributed by atoms with Crippen molar-refractivity contribution in [3.63, 3.8) is 0 Å². The van der Waals surface area contributed by atoms with Crippen LogP contribution in [0.3, 0.4) is 0 Å². The molecule has 0 bridgehead atoms. The number of alkyl halides is 3. The highest BCUT2D eigenvalue weighted by Gasteiger charge is 2.31. The lowest BCUT2D eigenvalue weighted by molar-refractivity contribution is -0.274. The van der Waals surface area contributed by atoms with Gasteiger partial charge in [-0.15, -0.1) is 13.2 Å². The molecule has 1 N–H and O–H groups in total. The molecule has 0 radical (unpaired) electrons. The Morgan fingerprint density at radius 1 is 1.04 bits per heavy atom. The normalized spacial score (nSPS) is 13.2. The number of carbonyl (C=O) groups excluding carboxylic acids is 1. The van der Waals surface area contributed by atoms with E-state index in [9.17, 15) is 18.0 Å². The third-order valence-corrected chi connectivity index (χ3v) is 4.49. The van der Waals surface area contributed by atoms with Crippen LogP contribution in [0.4, 0.5) is 19.0 Å². The van der Waals surface area contributed by atoms with Crippen molar-refractivity contribution in [2.45, 2.75) is 25.6 Å². The summed E-state index contributed by atoms with van der Waals surface area (Å²) in [7, 11) is 0. The Hall–Kier alpha value is -3.29.